The van der Waals surface area contributed by atoms with Crippen molar-refractivity contribution in [3.8, 4) is 0 Å². The minimum absolute atomic E-state index is 0.00268. The lowest BCUT2D eigenvalue weighted by atomic mass is 10.3. The van der Waals surface area contributed by atoms with E-state index < -0.39 is 26.5 Å². The maximum absolute atomic E-state index is 13.2. The number of anilines is 1. The highest BCUT2D eigenvalue weighted by Gasteiger charge is 2.25. The molecular formula is C10H5Cl2FN2O4S2. The molecule has 1 aromatic carbocycles. The molecule has 2 aromatic rings. The Morgan fingerprint density at radius 2 is 1.90 bits per heavy atom. The molecular weight excluding hydrogens is 366 g/mol. The van der Waals surface area contributed by atoms with Crippen molar-refractivity contribution < 1.29 is 17.7 Å². The van der Waals surface area contributed by atoms with Gasteiger partial charge in [0.1, 0.15) is 10.0 Å². The summed E-state index contributed by atoms with van der Waals surface area (Å²) in [5.74, 6) is -0.726. The van der Waals surface area contributed by atoms with Gasteiger partial charge in [-0.1, -0.05) is 23.2 Å². The van der Waals surface area contributed by atoms with Crippen LogP contribution in [0.1, 0.15) is 0 Å². The predicted octanol–water partition coefficient (Wildman–Crippen LogP) is 3.90. The van der Waals surface area contributed by atoms with Gasteiger partial charge in [0.2, 0.25) is 0 Å². The van der Waals surface area contributed by atoms with Crippen LogP contribution < -0.4 is 4.72 Å². The van der Waals surface area contributed by atoms with Crippen LogP contribution in [-0.4, -0.2) is 13.3 Å². The summed E-state index contributed by atoms with van der Waals surface area (Å²) in [5, 5.41) is 10.7. The number of nitrogens with zero attached hydrogens (tertiary/aromatic N) is 1. The number of nitrogens with one attached hydrogen (secondary N) is 1. The van der Waals surface area contributed by atoms with Crippen molar-refractivity contribution in [1.82, 2.24) is 0 Å². The molecule has 6 nitrogen and oxygen atoms in total. The zero-order valence-electron chi connectivity index (χ0n) is 9.84. The van der Waals surface area contributed by atoms with Crippen molar-refractivity contribution in [2.24, 2.45) is 0 Å². The average molecular weight is 371 g/mol. The Morgan fingerprint density at radius 1 is 1.24 bits per heavy atom. The van der Waals surface area contributed by atoms with E-state index in [4.69, 9.17) is 23.2 Å². The zero-order chi connectivity index (χ0) is 15.8. The third-order valence-electron chi connectivity index (χ3n) is 2.22. The molecule has 0 fully saturated rings. The largest absolute Gasteiger partial charge is 0.300 e. The third-order valence-corrected chi connectivity index (χ3v) is 5.63. The van der Waals surface area contributed by atoms with Crippen molar-refractivity contribution in [3.05, 3.63) is 49.6 Å². The number of benzene rings is 1. The Bertz CT molecular complexity index is 802. The maximum Gasteiger partial charge on any atom is 0.300 e. The Labute approximate surface area is 132 Å². The van der Waals surface area contributed by atoms with Crippen LogP contribution in [0.15, 0.2) is 28.5 Å². The molecule has 0 amide bonds. The number of hydrogen-bond acceptors (Lipinski definition) is 5. The van der Waals surface area contributed by atoms with Crippen LogP contribution in [-0.2, 0) is 10.0 Å². The van der Waals surface area contributed by atoms with Gasteiger partial charge in [-0.3, -0.25) is 14.8 Å². The van der Waals surface area contributed by atoms with Gasteiger partial charge in [0.15, 0.2) is 4.34 Å². The maximum atomic E-state index is 13.2. The third kappa shape index (κ3) is 3.62. The summed E-state index contributed by atoms with van der Waals surface area (Å²) in [6.45, 7) is 0. The number of halogens is 3. The van der Waals surface area contributed by atoms with Crippen LogP contribution in [0.5, 0.6) is 0 Å². The Morgan fingerprint density at radius 3 is 2.43 bits per heavy atom. The van der Waals surface area contributed by atoms with Crippen molar-refractivity contribution in [1.29, 1.82) is 0 Å². The minimum atomic E-state index is -4.13. The van der Waals surface area contributed by atoms with E-state index in [1.165, 1.54) is 6.07 Å². The Hall–Kier alpha value is -1.42. The van der Waals surface area contributed by atoms with Crippen LogP contribution in [0.3, 0.4) is 0 Å². The van der Waals surface area contributed by atoms with Crippen LogP contribution in [0, 0.1) is 15.9 Å². The number of thiophene rings is 1. The summed E-state index contributed by atoms with van der Waals surface area (Å²) in [6, 6.07) is 3.96. The number of sulfonamides is 1. The predicted molar refractivity (Wildman–Crippen MR) is 78.2 cm³/mol. The highest BCUT2D eigenvalue weighted by Crippen LogP contribution is 2.37. The topological polar surface area (TPSA) is 89.3 Å². The molecule has 11 heteroatoms. The van der Waals surface area contributed by atoms with E-state index in [0.717, 1.165) is 18.2 Å². The quantitative estimate of drug-likeness (QED) is 0.652. The van der Waals surface area contributed by atoms with Gasteiger partial charge in [0.05, 0.1) is 10.6 Å². The molecule has 0 atom stereocenters. The molecule has 1 aromatic heterocycles. The fraction of sp³-hybridized carbons (Fsp3) is 0. The normalized spacial score (nSPS) is 11.4. The molecule has 0 aliphatic heterocycles. The molecule has 0 saturated carbocycles. The van der Waals surface area contributed by atoms with Gasteiger partial charge in [0, 0.05) is 11.1 Å². The van der Waals surface area contributed by atoms with Gasteiger partial charge < -0.3 is 0 Å². The van der Waals surface area contributed by atoms with Crippen LogP contribution >= 0.6 is 34.5 Å². The van der Waals surface area contributed by atoms with Crippen LogP contribution in [0.25, 0.3) is 0 Å². The second kappa shape index (κ2) is 5.76. The van der Waals surface area contributed by atoms with Crippen molar-refractivity contribution in [2.75, 3.05) is 4.72 Å². The minimum Gasteiger partial charge on any atom is -0.279 e. The number of nitro groups is 1. The number of rotatable bonds is 4. The molecule has 0 bridgehead atoms. The molecule has 1 heterocycles. The van der Waals surface area contributed by atoms with Crippen molar-refractivity contribution >= 4 is 55.9 Å². The Kier molecular flexibility index (Phi) is 4.38. The second-order valence-corrected chi connectivity index (χ2v) is 7.75. The van der Waals surface area contributed by atoms with Crippen molar-refractivity contribution in [2.45, 2.75) is 4.21 Å². The summed E-state index contributed by atoms with van der Waals surface area (Å²) in [4.78, 5) is 9.86. The second-order valence-electron chi connectivity index (χ2n) is 3.75. The highest BCUT2D eigenvalue weighted by molar-refractivity contribution is 7.94. The lowest BCUT2D eigenvalue weighted by Gasteiger charge is -2.06. The molecule has 21 heavy (non-hydrogen) atoms. The Balaban J connectivity index is 2.38. The van der Waals surface area contributed by atoms with E-state index in [0.29, 0.717) is 11.3 Å². The zero-order valence-corrected chi connectivity index (χ0v) is 13.0. The first-order chi connectivity index (χ1) is 9.69. The lowest BCUT2D eigenvalue weighted by Crippen LogP contribution is -2.11. The fourth-order valence-corrected chi connectivity index (χ4v) is 4.34. The van der Waals surface area contributed by atoms with E-state index in [-0.39, 0.29) is 19.3 Å². The molecule has 0 aliphatic rings. The van der Waals surface area contributed by atoms with Gasteiger partial charge in [-0.15, -0.1) is 11.3 Å². The van der Waals surface area contributed by atoms with Crippen molar-refractivity contribution in [3.63, 3.8) is 0 Å². The first-order valence-corrected chi connectivity index (χ1v) is 8.17. The molecule has 0 spiro atoms. The molecule has 0 radical (unpaired) electrons. The monoisotopic (exact) mass is 370 g/mol. The SMILES string of the molecule is O=[N+]([O-])c1cc(S(=O)(=O)Nc2cc(F)cc(Cl)c2)sc1Cl. The molecule has 0 saturated heterocycles. The molecule has 0 unspecified atom stereocenters. The van der Waals surface area contributed by atoms with E-state index in [1.807, 2.05) is 0 Å². The van der Waals surface area contributed by atoms with E-state index in [2.05, 4.69) is 4.72 Å². The van der Waals surface area contributed by atoms with E-state index >= 15 is 0 Å². The summed E-state index contributed by atoms with van der Waals surface area (Å²) < 4.78 is 38.7. The first-order valence-electron chi connectivity index (χ1n) is 5.11. The summed E-state index contributed by atoms with van der Waals surface area (Å²) in [5.41, 5.74) is -0.619. The molecule has 2 rings (SSSR count). The first kappa shape index (κ1) is 16.0. The van der Waals surface area contributed by atoms with Gasteiger partial charge in [-0.05, 0) is 18.2 Å². The molecule has 0 aliphatic carbocycles. The van der Waals surface area contributed by atoms with Crippen LogP contribution in [0.4, 0.5) is 15.8 Å². The molecule has 1 N–H and O–H groups in total. The summed E-state index contributed by atoms with van der Waals surface area (Å²) in [6.07, 6.45) is 0. The summed E-state index contributed by atoms with van der Waals surface area (Å²) >= 11 is 11.7. The van der Waals surface area contributed by atoms with E-state index in [1.54, 1.807) is 0 Å². The van der Waals surface area contributed by atoms with Gasteiger partial charge in [-0.25, -0.2) is 12.8 Å². The lowest BCUT2D eigenvalue weighted by molar-refractivity contribution is -0.384. The van der Waals surface area contributed by atoms with Gasteiger partial charge >= 0.3 is 0 Å². The fourth-order valence-electron chi connectivity index (χ4n) is 1.41. The van der Waals surface area contributed by atoms with E-state index in [9.17, 15) is 22.9 Å². The summed E-state index contributed by atoms with van der Waals surface area (Å²) in [7, 11) is -4.13. The molecule has 112 valence electrons. The average Bonchev–Trinajstić information content (AvgIpc) is 2.70. The van der Waals surface area contributed by atoms with Gasteiger partial charge in [-0.2, -0.15) is 0 Å². The van der Waals surface area contributed by atoms with Gasteiger partial charge in [0.25, 0.3) is 15.7 Å². The smallest absolute Gasteiger partial charge is 0.279 e. The standard InChI is InChI=1S/C10H5Cl2FN2O4S2/c11-5-1-6(13)3-7(2-5)14-21(18,19)9-4-8(15(16)17)10(12)20-9/h1-4,14H. The van der Waals surface area contributed by atoms with Crippen LogP contribution in [0.2, 0.25) is 9.36 Å². The number of hydrogen-bond donors (Lipinski definition) is 1. The highest BCUT2D eigenvalue weighted by atomic mass is 35.5.